The summed E-state index contributed by atoms with van der Waals surface area (Å²) in [7, 11) is 4.03. The first kappa shape index (κ1) is 17.3. The number of nitrogens with zero attached hydrogens (tertiary/aromatic N) is 1. The van der Waals surface area contributed by atoms with Gasteiger partial charge in [-0.05, 0) is 56.9 Å². The third kappa shape index (κ3) is 4.96. The molecule has 21 heavy (non-hydrogen) atoms. The number of carbonyl (C=O) groups excluding carboxylic acids is 1. The van der Waals surface area contributed by atoms with E-state index in [1.807, 2.05) is 41.8 Å². The summed E-state index contributed by atoms with van der Waals surface area (Å²) in [6.45, 7) is 11.8. The molecule has 0 saturated carbocycles. The van der Waals surface area contributed by atoms with E-state index in [1.165, 1.54) is 0 Å². The third-order valence-corrected chi connectivity index (χ3v) is 3.12. The minimum Gasteiger partial charge on any atom is -0.444 e. The molecule has 0 heterocycles. The number of amides is 1. The highest BCUT2D eigenvalue weighted by Crippen LogP contribution is 2.32. The van der Waals surface area contributed by atoms with Crippen molar-refractivity contribution in [2.75, 3.05) is 24.3 Å². The van der Waals surface area contributed by atoms with E-state index in [4.69, 9.17) is 4.74 Å². The zero-order chi connectivity index (χ0) is 16.4. The average molecular weight is 292 g/mol. The molecule has 0 radical (unpaired) electrons. The van der Waals surface area contributed by atoms with Gasteiger partial charge in [-0.25, -0.2) is 4.79 Å². The van der Waals surface area contributed by atoms with Crippen molar-refractivity contribution in [2.24, 2.45) is 0 Å². The molecule has 1 aromatic carbocycles. The van der Waals surface area contributed by atoms with Gasteiger partial charge in [-0.1, -0.05) is 13.8 Å². The van der Waals surface area contributed by atoms with Crippen LogP contribution in [-0.2, 0) is 4.74 Å². The molecule has 1 N–H and O–H groups in total. The van der Waals surface area contributed by atoms with E-state index in [0.29, 0.717) is 5.92 Å². The summed E-state index contributed by atoms with van der Waals surface area (Å²) in [6.07, 6.45) is -0.412. The fourth-order valence-corrected chi connectivity index (χ4v) is 2.08. The molecule has 4 nitrogen and oxygen atoms in total. The Kier molecular flexibility index (Phi) is 5.26. The van der Waals surface area contributed by atoms with Gasteiger partial charge in [-0.3, -0.25) is 5.32 Å². The van der Waals surface area contributed by atoms with Gasteiger partial charge in [-0.15, -0.1) is 0 Å². The van der Waals surface area contributed by atoms with Crippen molar-refractivity contribution < 1.29 is 9.53 Å². The van der Waals surface area contributed by atoms with Crippen LogP contribution >= 0.6 is 0 Å². The quantitative estimate of drug-likeness (QED) is 0.889. The van der Waals surface area contributed by atoms with Gasteiger partial charge in [0.25, 0.3) is 0 Å². The molecular weight excluding hydrogens is 264 g/mol. The summed E-state index contributed by atoms with van der Waals surface area (Å²) in [5.41, 5.74) is 3.63. The molecule has 0 aliphatic heterocycles. The molecule has 0 spiro atoms. The van der Waals surface area contributed by atoms with Gasteiger partial charge in [-0.2, -0.15) is 0 Å². The molecule has 1 aromatic rings. The molecule has 4 heteroatoms. The summed E-state index contributed by atoms with van der Waals surface area (Å²) in [4.78, 5) is 14.1. The molecule has 0 unspecified atom stereocenters. The summed E-state index contributed by atoms with van der Waals surface area (Å²) < 4.78 is 5.35. The number of carbonyl (C=O) groups is 1. The van der Waals surface area contributed by atoms with Crippen LogP contribution < -0.4 is 10.2 Å². The van der Waals surface area contributed by atoms with E-state index in [2.05, 4.69) is 36.2 Å². The van der Waals surface area contributed by atoms with Gasteiger partial charge in [0, 0.05) is 19.8 Å². The lowest BCUT2D eigenvalue weighted by Crippen LogP contribution is -2.28. The number of hydrogen-bond acceptors (Lipinski definition) is 3. The highest BCUT2D eigenvalue weighted by Gasteiger charge is 2.19. The van der Waals surface area contributed by atoms with Crippen LogP contribution in [0.3, 0.4) is 0 Å². The SMILES string of the molecule is Cc1cc(N(C)C)cc(C(C)C)c1NC(=O)OC(C)(C)C. The first-order valence-electron chi connectivity index (χ1n) is 7.33. The molecule has 1 amide bonds. The molecule has 118 valence electrons. The van der Waals surface area contributed by atoms with Crippen molar-refractivity contribution in [3.63, 3.8) is 0 Å². The number of benzene rings is 1. The average Bonchev–Trinajstić information content (AvgIpc) is 2.28. The second-order valence-electron chi connectivity index (χ2n) is 6.90. The van der Waals surface area contributed by atoms with Gasteiger partial charge < -0.3 is 9.64 Å². The predicted molar refractivity (Wildman–Crippen MR) is 89.5 cm³/mol. The van der Waals surface area contributed by atoms with E-state index in [0.717, 1.165) is 22.5 Å². The van der Waals surface area contributed by atoms with Gasteiger partial charge in [0.1, 0.15) is 5.60 Å². The van der Waals surface area contributed by atoms with Gasteiger partial charge >= 0.3 is 6.09 Å². The normalized spacial score (nSPS) is 11.5. The number of anilines is 2. The summed E-state index contributed by atoms with van der Waals surface area (Å²) in [5.74, 6) is 0.313. The van der Waals surface area contributed by atoms with Crippen molar-refractivity contribution in [3.05, 3.63) is 23.3 Å². The molecule has 0 bridgehead atoms. The van der Waals surface area contributed by atoms with Crippen LogP contribution in [0.2, 0.25) is 0 Å². The Labute approximate surface area is 128 Å². The van der Waals surface area contributed by atoms with Crippen LogP contribution in [0.4, 0.5) is 16.2 Å². The zero-order valence-electron chi connectivity index (χ0n) is 14.5. The largest absolute Gasteiger partial charge is 0.444 e. The fraction of sp³-hybridized carbons (Fsp3) is 0.588. The maximum absolute atomic E-state index is 12.0. The van der Waals surface area contributed by atoms with E-state index >= 15 is 0 Å². The molecule has 0 saturated heterocycles. The maximum atomic E-state index is 12.0. The molecule has 0 aromatic heterocycles. The lowest BCUT2D eigenvalue weighted by Gasteiger charge is -2.24. The van der Waals surface area contributed by atoms with Gasteiger partial charge in [0.2, 0.25) is 0 Å². The summed E-state index contributed by atoms with van der Waals surface area (Å²) >= 11 is 0. The Balaban J connectivity index is 3.14. The van der Waals surface area contributed by atoms with Crippen molar-refractivity contribution in [3.8, 4) is 0 Å². The van der Waals surface area contributed by atoms with Crippen LogP contribution in [-0.4, -0.2) is 25.8 Å². The third-order valence-electron chi connectivity index (χ3n) is 3.12. The van der Waals surface area contributed by atoms with Crippen molar-refractivity contribution in [2.45, 2.75) is 53.1 Å². The van der Waals surface area contributed by atoms with Crippen molar-refractivity contribution >= 4 is 17.5 Å². The standard InChI is InChI=1S/C17H28N2O2/c1-11(2)14-10-13(19(7)8)9-12(3)15(14)18-16(20)21-17(4,5)6/h9-11H,1-8H3,(H,18,20). The molecular formula is C17H28N2O2. The molecule has 0 atom stereocenters. The van der Waals surface area contributed by atoms with Gasteiger partial charge in [0.05, 0.1) is 5.69 Å². The van der Waals surface area contributed by atoms with E-state index in [9.17, 15) is 4.79 Å². The monoisotopic (exact) mass is 292 g/mol. The molecule has 0 fully saturated rings. The Hall–Kier alpha value is -1.71. The van der Waals surface area contributed by atoms with Crippen molar-refractivity contribution in [1.29, 1.82) is 0 Å². The lowest BCUT2D eigenvalue weighted by atomic mass is 9.97. The number of aryl methyl sites for hydroxylation is 1. The van der Waals surface area contributed by atoms with E-state index < -0.39 is 11.7 Å². The summed E-state index contributed by atoms with van der Waals surface area (Å²) in [5, 5.41) is 2.90. The Morgan fingerprint density at radius 2 is 1.81 bits per heavy atom. The molecule has 0 aliphatic rings. The zero-order valence-corrected chi connectivity index (χ0v) is 14.5. The summed E-state index contributed by atoms with van der Waals surface area (Å²) in [6, 6.07) is 4.18. The van der Waals surface area contributed by atoms with E-state index in [1.54, 1.807) is 0 Å². The fourth-order valence-electron chi connectivity index (χ4n) is 2.08. The number of rotatable bonds is 3. The minimum absolute atomic E-state index is 0.313. The number of ether oxygens (including phenoxy) is 1. The first-order valence-corrected chi connectivity index (χ1v) is 7.33. The van der Waals surface area contributed by atoms with Gasteiger partial charge in [0.15, 0.2) is 0 Å². The Bertz CT molecular complexity index is 514. The van der Waals surface area contributed by atoms with Crippen molar-refractivity contribution in [1.82, 2.24) is 0 Å². The topological polar surface area (TPSA) is 41.6 Å². The second kappa shape index (κ2) is 6.37. The molecule has 1 rings (SSSR count). The second-order valence-corrected chi connectivity index (χ2v) is 6.90. The lowest BCUT2D eigenvalue weighted by molar-refractivity contribution is 0.0635. The Morgan fingerprint density at radius 1 is 1.24 bits per heavy atom. The highest BCUT2D eigenvalue weighted by atomic mass is 16.6. The van der Waals surface area contributed by atoms with Crippen LogP contribution in [0, 0.1) is 6.92 Å². The minimum atomic E-state index is -0.500. The van der Waals surface area contributed by atoms with Crippen LogP contribution in [0.25, 0.3) is 0 Å². The predicted octanol–water partition coefficient (Wildman–Crippen LogP) is 4.53. The van der Waals surface area contributed by atoms with Crippen LogP contribution in [0.15, 0.2) is 12.1 Å². The van der Waals surface area contributed by atoms with Crippen LogP contribution in [0.5, 0.6) is 0 Å². The number of nitrogens with one attached hydrogen (secondary N) is 1. The Morgan fingerprint density at radius 3 is 2.24 bits per heavy atom. The smallest absolute Gasteiger partial charge is 0.412 e. The van der Waals surface area contributed by atoms with E-state index in [-0.39, 0.29) is 0 Å². The first-order chi connectivity index (χ1) is 9.51. The van der Waals surface area contributed by atoms with Crippen LogP contribution in [0.1, 0.15) is 51.7 Å². The molecule has 0 aliphatic carbocycles. The maximum Gasteiger partial charge on any atom is 0.412 e. The number of hydrogen-bond donors (Lipinski definition) is 1. The highest BCUT2D eigenvalue weighted by molar-refractivity contribution is 5.88.